The van der Waals surface area contributed by atoms with Crippen LogP contribution in [0, 0.1) is 6.92 Å². The molecule has 102 valence electrons. The molecule has 1 aromatic carbocycles. The van der Waals surface area contributed by atoms with Crippen LogP contribution in [-0.2, 0) is 13.6 Å². The molecule has 19 heavy (non-hydrogen) atoms. The normalized spacial score (nSPS) is 10.5. The molecule has 0 fully saturated rings. The van der Waals surface area contributed by atoms with Gasteiger partial charge in [0.05, 0.1) is 18.5 Å². The molecule has 0 spiro atoms. The van der Waals surface area contributed by atoms with E-state index in [-0.39, 0.29) is 0 Å². The average molecular weight is 260 g/mol. The molecule has 0 aliphatic carbocycles. The molecule has 0 aliphatic heterocycles. The minimum atomic E-state index is 0.715. The average Bonchev–Trinajstić information content (AvgIpc) is 2.64. The van der Waals surface area contributed by atoms with Crippen molar-refractivity contribution in [1.82, 2.24) is 9.78 Å². The van der Waals surface area contributed by atoms with E-state index in [1.807, 2.05) is 39.2 Å². The molecule has 5 heteroatoms. The number of nitrogen functional groups attached to an aromatic ring is 1. The highest BCUT2D eigenvalue weighted by Gasteiger charge is 2.15. The standard InChI is InChI=1S/C14H20N4O/c1-10-13(15)14(18(3)16-10)17(2)9-11-7-5-6-8-12(11)19-4/h5-8H,9,15H2,1-4H3. The van der Waals surface area contributed by atoms with Crippen LogP contribution in [0.3, 0.4) is 0 Å². The summed E-state index contributed by atoms with van der Waals surface area (Å²) in [6.45, 7) is 2.63. The fourth-order valence-electron chi connectivity index (χ4n) is 2.28. The Balaban J connectivity index is 2.28. The molecular formula is C14H20N4O. The van der Waals surface area contributed by atoms with Crippen LogP contribution in [-0.4, -0.2) is 23.9 Å². The van der Waals surface area contributed by atoms with Crippen molar-refractivity contribution < 1.29 is 4.74 Å². The van der Waals surface area contributed by atoms with Gasteiger partial charge in [0, 0.05) is 26.2 Å². The number of methoxy groups -OCH3 is 1. The fourth-order valence-corrected chi connectivity index (χ4v) is 2.28. The molecule has 0 unspecified atom stereocenters. The van der Waals surface area contributed by atoms with Gasteiger partial charge < -0.3 is 15.4 Å². The monoisotopic (exact) mass is 260 g/mol. The number of nitrogens with zero attached hydrogens (tertiary/aromatic N) is 3. The SMILES string of the molecule is COc1ccccc1CN(C)c1c(N)c(C)nn1C. The Bertz CT molecular complexity index is 577. The van der Waals surface area contributed by atoms with Gasteiger partial charge in [0.15, 0.2) is 0 Å². The third-order valence-corrected chi connectivity index (χ3v) is 3.20. The highest BCUT2D eigenvalue weighted by Crippen LogP contribution is 2.27. The second-order valence-corrected chi connectivity index (χ2v) is 4.61. The van der Waals surface area contributed by atoms with Gasteiger partial charge >= 0.3 is 0 Å². The van der Waals surface area contributed by atoms with Crippen molar-refractivity contribution in [2.75, 3.05) is 24.8 Å². The summed E-state index contributed by atoms with van der Waals surface area (Å²) in [6.07, 6.45) is 0. The number of hydrogen-bond donors (Lipinski definition) is 1. The van der Waals surface area contributed by atoms with Gasteiger partial charge in [-0.05, 0) is 13.0 Å². The molecule has 2 aromatic rings. The lowest BCUT2D eigenvalue weighted by atomic mass is 10.2. The smallest absolute Gasteiger partial charge is 0.150 e. The Morgan fingerprint density at radius 3 is 2.63 bits per heavy atom. The van der Waals surface area contributed by atoms with Crippen LogP contribution in [0.4, 0.5) is 11.5 Å². The number of aryl methyl sites for hydroxylation is 2. The van der Waals surface area contributed by atoms with Crippen molar-refractivity contribution >= 4 is 11.5 Å². The van der Waals surface area contributed by atoms with Crippen molar-refractivity contribution in [1.29, 1.82) is 0 Å². The van der Waals surface area contributed by atoms with Gasteiger partial charge in [-0.15, -0.1) is 0 Å². The molecule has 0 aliphatic rings. The Hall–Kier alpha value is -2.17. The van der Waals surface area contributed by atoms with Gasteiger partial charge in [-0.3, -0.25) is 4.68 Å². The maximum Gasteiger partial charge on any atom is 0.150 e. The van der Waals surface area contributed by atoms with Crippen LogP contribution >= 0.6 is 0 Å². The zero-order chi connectivity index (χ0) is 14.0. The van der Waals surface area contributed by atoms with Crippen LogP contribution in [0.1, 0.15) is 11.3 Å². The minimum absolute atomic E-state index is 0.715. The van der Waals surface area contributed by atoms with E-state index in [0.717, 1.165) is 28.5 Å². The number of ether oxygens (including phenoxy) is 1. The largest absolute Gasteiger partial charge is 0.496 e. The Kier molecular flexibility index (Phi) is 3.64. The third kappa shape index (κ3) is 2.50. The van der Waals surface area contributed by atoms with E-state index in [9.17, 15) is 0 Å². The number of hydrogen-bond acceptors (Lipinski definition) is 4. The van der Waals surface area contributed by atoms with Crippen molar-refractivity contribution in [3.8, 4) is 5.75 Å². The summed E-state index contributed by atoms with van der Waals surface area (Å²) >= 11 is 0. The van der Waals surface area contributed by atoms with Crippen molar-refractivity contribution in [3.63, 3.8) is 0 Å². The number of anilines is 2. The first-order valence-corrected chi connectivity index (χ1v) is 6.16. The summed E-state index contributed by atoms with van der Waals surface area (Å²) in [5.41, 5.74) is 8.76. The van der Waals surface area contributed by atoms with Crippen LogP contribution in [0.5, 0.6) is 5.75 Å². The third-order valence-electron chi connectivity index (χ3n) is 3.20. The molecule has 0 bridgehead atoms. The number of nitrogens with two attached hydrogens (primary N) is 1. The highest BCUT2D eigenvalue weighted by atomic mass is 16.5. The lowest BCUT2D eigenvalue weighted by Crippen LogP contribution is -2.20. The van der Waals surface area contributed by atoms with Crippen molar-refractivity contribution in [2.24, 2.45) is 7.05 Å². The topological polar surface area (TPSA) is 56.3 Å². The minimum Gasteiger partial charge on any atom is -0.496 e. The molecule has 1 aromatic heterocycles. The molecule has 2 rings (SSSR count). The molecule has 0 amide bonds. The zero-order valence-corrected chi connectivity index (χ0v) is 11.8. The highest BCUT2D eigenvalue weighted by molar-refractivity contribution is 5.66. The van der Waals surface area contributed by atoms with Gasteiger partial charge in [0.25, 0.3) is 0 Å². The first-order chi connectivity index (χ1) is 9.04. The molecule has 0 atom stereocenters. The number of benzene rings is 1. The summed E-state index contributed by atoms with van der Waals surface area (Å²) < 4.78 is 7.17. The van der Waals surface area contributed by atoms with Gasteiger partial charge in [-0.2, -0.15) is 5.10 Å². The molecule has 0 radical (unpaired) electrons. The first-order valence-electron chi connectivity index (χ1n) is 6.16. The van der Waals surface area contributed by atoms with Gasteiger partial charge in [0.2, 0.25) is 0 Å². The predicted octanol–water partition coefficient (Wildman–Crippen LogP) is 1.96. The molecule has 1 heterocycles. The summed E-state index contributed by atoms with van der Waals surface area (Å²) in [7, 11) is 5.58. The lowest BCUT2D eigenvalue weighted by Gasteiger charge is -2.21. The predicted molar refractivity (Wildman–Crippen MR) is 77.5 cm³/mol. The van der Waals surface area contributed by atoms with E-state index in [2.05, 4.69) is 16.1 Å². The number of rotatable bonds is 4. The summed E-state index contributed by atoms with van der Waals surface area (Å²) in [5.74, 6) is 1.80. The van der Waals surface area contributed by atoms with E-state index in [1.54, 1.807) is 11.8 Å². The lowest BCUT2D eigenvalue weighted by molar-refractivity contribution is 0.409. The molecule has 2 N–H and O–H groups in total. The van der Waals surface area contributed by atoms with Crippen LogP contribution in [0.15, 0.2) is 24.3 Å². The maximum absolute atomic E-state index is 6.07. The van der Waals surface area contributed by atoms with Crippen LogP contribution in [0.2, 0.25) is 0 Å². The van der Waals surface area contributed by atoms with E-state index in [4.69, 9.17) is 10.5 Å². The van der Waals surface area contributed by atoms with E-state index < -0.39 is 0 Å². The number of para-hydroxylation sites is 1. The zero-order valence-electron chi connectivity index (χ0n) is 11.8. The molecule has 5 nitrogen and oxygen atoms in total. The number of aromatic nitrogens is 2. The van der Waals surface area contributed by atoms with E-state index >= 15 is 0 Å². The van der Waals surface area contributed by atoms with Gasteiger partial charge in [-0.1, -0.05) is 18.2 Å². The fraction of sp³-hybridized carbons (Fsp3) is 0.357. The first kappa shape index (κ1) is 13.3. The molecule has 0 saturated carbocycles. The van der Waals surface area contributed by atoms with Gasteiger partial charge in [0.1, 0.15) is 11.6 Å². The molecule has 0 saturated heterocycles. The Morgan fingerprint density at radius 1 is 1.37 bits per heavy atom. The van der Waals surface area contributed by atoms with Crippen molar-refractivity contribution in [3.05, 3.63) is 35.5 Å². The summed E-state index contributed by atoms with van der Waals surface area (Å²) in [5, 5.41) is 4.33. The molecular weight excluding hydrogens is 240 g/mol. The van der Waals surface area contributed by atoms with Crippen LogP contribution in [0.25, 0.3) is 0 Å². The Morgan fingerprint density at radius 2 is 2.05 bits per heavy atom. The quantitative estimate of drug-likeness (QED) is 0.913. The van der Waals surface area contributed by atoms with Gasteiger partial charge in [-0.25, -0.2) is 0 Å². The maximum atomic E-state index is 6.07. The van der Waals surface area contributed by atoms with E-state index in [1.165, 1.54) is 0 Å². The second-order valence-electron chi connectivity index (χ2n) is 4.61. The van der Waals surface area contributed by atoms with Crippen molar-refractivity contribution in [2.45, 2.75) is 13.5 Å². The Labute approximate surface area is 113 Å². The van der Waals surface area contributed by atoms with E-state index in [0.29, 0.717) is 6.54 Å². The second kappa shape index (κ2) is 5.22. The summed E-state index contributed by atoms with van der Waals surface area (Å²) in [4.78, 5) is 2.08. The van der Waals surface area contributed by atoms with Crippen LogP contribution < -0.4 is 15.4 Å². The summed E-state index contributed by atoms with van der Waals surface area (Å²) in [6, 6.07) is 7.98.